The molecule has 34 heavy (non-hydrogen) atoms. The number of hydrogen-bond donors (Lipinski definition) is 0. The van der Waals surface area contributed by atoms with Crippen molar-refractivity contribution in [2.45, 2.75) is 52.4 Å². The molecule has 3 aromatic rings. The Morgan fingerprint density at radius 1 is 0.882 bits per heavy atom. The highest BCUT2D eigenvalue weighted by Crippen LogP contribution is 2.68. The fourth-order valence-corrected chi connectivity index (χ4v) is 9.75. The van der Waals surface area contributed by atoms with Crippen LogP contribution in [0.15, 0.2) is 84.9 Å². The fraction of sp³-hybridized carbons (Fsp3) is 0.419. The number of ether oxygens (including phenoxy) is 1. The largest absolute Gasteiger partial charge is 0.355 e. The smallest absolute Gasteiger partial charge is 0.137 e. The highest BCUT2D eigenvalue weighted by Gasteiger charge is 2.67. The third-order valence-corrected chi connectivity index (χ3v) is 11.9. The molecule has 0 radical (unpaired) electrons. The monoisotopic (exact) mass is 469 g/mol. The molecular weight excluding hydrogens is 433 g/mol. The van der Waals surface area contributed by atoms with Crippen LogP contribution in [0.3, 0.4) is 0 Å². The minimum atomic E-state index is -0.663. The Labute approximate surface area is 206 Å². The normalized spacial score (nSPS) is 29.9. The predicted molar refractivity (Wildman–Crippen MR) is 144 cm³/mol. The van der Waals surface area contributed by atoms with Crippen molar-refractivity contribution in [1.29, 1.82) is 0 Å². The first kappa shape index (κ1) is 22.5. The number of hydrogen-bond acceptors (Lipinski definition) is 2. The molecule has 1 spiro atoms. The molecule has 2 unspecified atom stereocenters. The van der Waals surface area contributed by atoms with Gasteiger partial charge in [0, 0.05) is 17.5 Å². The summed E-state index contributed by atoms with van der Waals surface area (Å²) in [6.45, 7) is 9.51. The third kappa shape index (κ3) is 3.34. The summed E-state index contributed by atoms with van der Waals surface area (Å²) >= 11 is 0. The summed E-state index contributed by atoms with van der Waals surface area (Å²) in [4.78, 5) is 2.63. The fourth-order valence-electron chi connectivity index (χ4n) is 7.28. The van der Waals surface area contributed by atoms with Gasteiger partial charge >= 0.3 is 0 Å². The van der Waals surface area contributed by atoms with Gasteiger partial charge in [-0.3, -0.25) is 4.90 Å². The highest BCUT2D eigenvalue weighted by molar-refractivity contribution is 7.79. The Balaban J connectivity index is 1.44. The first-order chi connectivity index (χ1) is 16.5. The van der Waals surface area contributed by atoms with Crippen LogP contribution in [0.4, 0.5) is 0 Å². The molecule has 3 fully saturated rings. The molecule has 1 aliphatic heterocycles. The number of benzene rings is 3. The predicted octanol–water partition coefficient (Wildman–Crippen LogP) is 5.99. The lowest BCUT2D eigenvalue weighted by Crippen LogP contribution is -2.56. The summed E-state index contributed by atoms with van der Waals surface area (Å²) in [6, 6.07) is 31.2. The molecule has 176 valence electrons. The number of fused-ring (bicyclic) bond motifs is 1. The van der Waals surface area contributed by atoms with Crippen molar-refractivity contribution in [1.82, 2.24) is 4.90 Å². The van der Waals surface area contributed by atoms with Crippen LogP contribution in [0.25, 0.3) is 0 Å². The minimum absolute atomic E-state index is 0.0319. The van der Waals surface area contributed by atoms with E-state index in [2.05, 4.69) is 111 Å². The van der Waals surface area contributed by atoms with E-state index in [9.17, 15) is 0 Å². The van der Waals surface area contributed by atoms with Crippen molar-refractivity contribution in [3.8, 4) is 0 Å². The topological polar surface area (TPSA) is 12.5 Å². The maximum atomic E-state index is 7.16. The second-order valence-electron chi connectivity index (χ2n) is 11.0. The van der Waals surface area contributed by atoms with Gasteiger partial charge in [-0.15, -0.1) is 0 Å². The van der Waals surface area contributed by atoms with Crippen LogP contribution in [-0.2, 0) is 4.74 Å². The van der Waals surface area contributed by atoms with E-state index < -0.39 is 7.92 Å². The summed E-state index contributed by atoms with van der Waals surface area (Å²) in [5.41, 5.74) is 2.04. The standard InChI is InChI=1S/C31H36NOP/c1-4-32-22-31-20-19-23(30(31,2)3)21-28(31)33-29(32)26-17-11-12-18-27(26)34(24-13-7-5-8-14-24)25-15-9-6-10-16-25/h5-18,23,28-29H,4,19-22H2,1-3H3/t23-,28?,29?,31-/m1/s1. The lowest BCUT2D eigenvalue weighted by Gasteiger charge is -2.53. The van der Waals surface area contributed by atoms with Crippen LogP contribution in [0.2, 0.25) is 0 Å². The van der Waals surface area contributed by atoms with Crippen LogP contribution in [0, 0.1) is 16.7 Å². The molecule has 1 heterocycles. The maximum Gasteiger partial charge on any atom is 0.137 e. The van der Waals surface area contributed by atoms with Gasteiger partial charge in [0.15, 0.2) is 0 Å². The van der Waals surface area contributed by atoms with Crippen molar-refractivity contribution in [2.75, 3.05) is 13.1 Å². The molecule has 3 aromatic carbocycles. The first-order valence-electron chi connectivity index (χ1n) is 12.9. The Morgan fingerprint density at radius 3 is 2.12 bits per heavy atom. The number of rotatable bonds is 5. The molecule has 2 saturated carbocycles. The summed E-state index contributed by atoms with van der Waals surface area (Å²) in [5.74, 6) is 0.802. The van der Waals surface area contributed by atoms with Crippen molar-refractivity contribution in [3.63, 3.8) is 0 Å². The Hall–Kier alpha value is -1.99. The van der Waals surface area contributed by atoms with Crippen molar-refractivity contribution in [2.24, 2.45) is 16.7 Å². The van der Waals surface area contributed by atoms with Crippen LogP contribution in [0.5, 0.6) is 0 Å². The molecule has 1 saturated heterocycles. The quantitative estimate of drug-likeness (QED) is 0.426. The van der Waals surface area contributed by atoms with E-state index in [0.717, 1.165) is 19.0 Å². The molecule has 0 amide bonds. The van der Waals surface area contributed by atoms with Gasteiger partial charge in [0.05, 0.1) is 6.10 Å². The van der Waals surface area contributed by atoms with Gasteiger partial charge in [-0.25, -0.2) is 0 Å². The molecule has 6 rings (SSSR count). The molecule has 3 heteroatoms. The zero-order valence-electron chi connectivity index (χ0n) is 20.7. The van der Waals surface area contributed by atoms with Gasteiger partial charge in [0.25, 0.3) is 0 Å². The van der Waals surface area contributed by atoms with Crippen molar-refractivity contribution < 1.29 is 4.74 Å². The van der Waals surface area contributed by atoms with Crippen LogP contribution in [-0.4, -0.2) is 24.1 Å². The van der Waals surface area contributed by atoms with Gasteiger partial charge in [0.2, 0.25) is 0 Å². The van der Waals surface area contributed by atoms with Gasteiger partial charge < -0.3 is 4.74 Å². The summed E-state index contributed by atoms with van der Waals surface area (Å²) in [6.07, 6.45) is 4.33. The molecule has 2 nitrogen and oxygen atoms in total. The van der Waals surface area contributed by atoms with E-state index in [1.807, 2.05) is 0 Å². The molecule has 4 atom stereocenters. The van der Waals surface area contributed by atoms with Crippen molar-refractivity contribution in [3.05, 3.63) is 90.5 Å². The summed E-state index contributed by atoms with van der Waals surface area (Å²) < 4.78 is 7.16. The van der Waals surface area contributed by atoms with E-state index in [4.69, 9.17) is 4.74 Å². The second-order valence-corrected chi connectivity index (χ2v) is 13.1. The van der Waals surface area contributed by atoms with E-state index in [1.165, 1.54) is 40.7 Å². The van der Waals surface area contributed by atoms with Gasteiger partial charge in [-0.1, -0.05) is 106 Å². The van der Waals surface area contributed by atoms with E-state index in [1.54, 1.807) is 0 Å². The first-order valence-corrected chi connectivity index (χ1v) is 14.3. The minimum Gasteiger partial charge on any atom is -0.355 e. The van der Waals surface area contributed by atoms with E-state index in [-0.39, 0.29) is 6.23 Å². The average Bonchev–Trinajstić information content (AvgIpc) is 3.25. The van der Waals surface area contributed by atoms with Crippen LogP contribution < -0.4 is 15.9 Å². The third-order valence-electron chi connectivity index (χ3n) is 9.35. The molecule has 3 aliphatic rings. The average molecular weight is 470 g/mol. The Morgan fingerprint density at radius 2 is 1.50 bits per heavy atom. The molecular formula is C31H36NOP. The maximum absolute atomic E-state index is 7.16. The van der Waals surface area contributed by atoms with Crippen molar-refractivity contribution >= 4 is 23.8 Å². The van der Waals surface area contributed by atoms with Gasteiger partial charge in [-0.05, 0) is 61.0 Å². The number of nitrogens with zero attached hydrogens (tertiary/aromatic N) is 1. The Kier molecular flexibility index (Phi) is 5.68. The molecule has 0 N–H and O–H groups in total. The van der Waals surface area contributed by atoms with E-state index >= 15 is 0 Å². The van der Waals surface area contributed by atoms with Gasteiger partial charge in [0.1, 0.15) is 6.23 Å². The molecule has 0 aromatic heterocycles. The SMILES string of the molecule is CCN1C[C@]23CC[C@H](CC2OC1c1ccccc1P(c1ccccc1)c1ccccc1)C3(C)C. The summed E-state index contributed by atoms with van der Waals surface area (Å²) in [7, 11) is -0.663. The zero-order chi connectivity index (χ0) is 23.3. The zero-order valence-corrected chi connectivity index (χ0v) is 21.5. The van der Waals surface area contributed by atoms with Gasteiger partial charge in [-0.2, -0.15) is 0 Å². The molecule has 2 aliphatic carbocycles. The Bertz CT molecular complexity index is 1110. The molecule has 2 bridgehead atoms. The summed E-state index contributed by atoms with van der Waals surface area (Å²) in [5, 5.41) is 4.22. The van der Waals surface area contributed by atoms with Crippen LogP contribution >= 0.6 is 7.92 Å². The van der Waals surface area contributed by atoms with Crippen LogP contribution in [0.1, 0.15) is 51.8 Å². The van der Waals surface area contributed by atoms with E-state index in [0.29, 0.717) is 16.9 Å². The lowest BCUT2D eigenvalue weighted by molar-refractivity contribution is -0.211. The lowest BCUT2D eigenvalue weighted by atomic mass is 9.67. The highest BCUT2D eigenvalue weighted by atomic mass is 31.1. The second kappa shape index (κ2) is 8.59.